The van der Waals surface area contributed by atoms with Crippen LogP contribution in [0.2, 0.25) is 0 Å². The Labute approximate surface area is 149 Å². The summed E-state index contributed by atoms with van der Waals surface area (Å²) in [6.45, 7) is 3.34. The third-order valence-corrected chi connectivity index (χ3v) is 5.18. The molecule has 0 bridgehead atoms. The monoisotopic (exact) mass is 375 g/mol. The average molecular weight is 375 g/mol. The Bertz CT molecular complexity index is 1140. The lowest BCUT2D eigenvalue weighted by molar-refractivity contribution is 0.0939. The van der Waals surface area contributed by atoms with E-state index in [1.165, 1.54) is 18.5 Å². The van der Waals surface area contributed by atoms with Crippen molar-refractivity contribution in [2.45, 2.75) is 24.8 Å². The van der Waals surface area contributed by atoms with E-state index in [0.29, 0.717) is 5.76 Å². The van der Waals surface area contributed by atoms with Crippen LogP contribution in [0.3, 0.4) is 0 Å². The molecule has 8 nitrogen and oxygen atoms in total. The highest BCUT2D eigenvalue weighted by Gasteiger charge is 2.23. The number of hydrogen-bond donors (Lipinski definition) is 2. The van der Waals surface area contributed by atoms with E-state index in [1.54, 1.807) is 26.0 Å². The van der Waals surface area contributed by atoms with Crippen molar-refractivity contribution >= 4 is 26.8 Å². The molecule has 0 saturated heterocycles. The van der Waals surface area contributed by atoms with E-state index in [9.17, 15) is 18.0 Å². The van der Waals surface area contributed by atoms with Gasteiger partial charge in [0.25, 0.3) is 11.5 Å². The Hall–Kier alpha value is -2.94. The Morgan fingerprint density at radius 3 is 2.54 bits per heavy atom. The molecule has 0 aliphatic rings. The van der Waals surface area contributed by atoms with Gasteiger partial charge in [0.1, 0.15) is 11.1 Å². The molecular weight excluding hydrogens is 358 g/mol. The zero-order valence-corrected chi connectivity index (χ0v) is 15.2. The number of hydrogen-bond acceptors (Lipinski definition) is 6. The van der Waals surface area contributed by atoms with Gasteiger partial charge in [-0.2, -0.15) is 0 Å². The molecule has 0 radical (unpaired) electrons. The summed E-state index contributed by atoms with van der Waals surface area (Å²) in [6.07, 6.45) is 2.34. The van der Waals surface area contributed by atoms with Crippen molar-refractivity contribution in [1.82, 2.24) is 15.3 Å². The van der Waals surface area contributed by atoms with Crippen molar-refractivity contribution in [2.24, 2.45) is 0 Å². The van der Waals surface area contributed by atoms with Crippen molar-refractivity contribution in [2.75, 3.05) is 6.26 Å². The van der Waals surface area contributed by atoms with Gasteiger partial charge in [-0.3, -0.25) is 9.59 Å². The number of carbonyl (C=O) groups is 1. The van der Waals surface area contributed by atoms with E-state index in [4.69, 9.17) is 4.42 Å². The van der Waals surface area contributed by atoms with Crippen molar-refractivity contribution < 1.29 is 17.6 Å². The summed E-state index contributed by atoms with van der Waals surface area (Å²) in [4.78, 5) is 31.2. The van der Waals surface area contributed by atoms with Gasteiger partial charge in [-0.05, 0) is 31.5 Å². The molecule has 0 spiro atoms. The topological polar surface area (TPSA) is 122 Å². The molecule has 2 heterocycles. The first kappa shape index (κ1) is 17.9. The summed E-state index contributed by atoms with van der Waals surface area (Å²) in [6, 6.07) is 5.84. The average Bonchev–Trinajstić information content (AvgIpc) is 2.91. The lowest BCUT2D eigenvalue weighted by Crippen LogP contribution is -2.28. The number of benzene rings is 1. The van der Waals surface area contributed by atoms with Crippen LogP contribution in [0.15, 0.2) is 44.7 Å². The predicted molar refractivity (Wildman–Crippen MR) is 94.8 cm³/mol. The third-order valence-electron chi connectivity index (χ3n) is 4.05. The molecule has 0 aliphatic carbocycles. The number of H-pyrrole nitrogens is 1. The number of nitrogens with zero attached hydrogens (tertiary/aromatic N) is 1. The van der Waals surface area contributed by atoms with Gasteiger partial charge in [-0.1, -0.05) is 12.1 Å². The minimum Gasteiger partial charge on any atom is -0.442 e. The van der Waals surface area contributed by atoms with Gasteiger partial charge in [-0.15, -0.1) is 0 Å². The molecule has 3 aromatic rings. The maximum Gasteiger partial charge on any atom is 0.262 e. The van der Waals surface area contributed by atoms with Crippen LogP contribution in [0.1, 0.15) is 34.6 Å². The maximum atomic E-state index is 12.7. The number of sulfone groups is 1. The smallest absolute Gasteiger partial charge is 0.262 e. The van der Waals surface area contributed by atoms with Crippen LogP contribution in [-0.4, -0.2) is 30.5 Å². The number of rotatable bonds is 4. The Balaban J connectivity index is 1.89. The van der Waals surface area contributed by atoms with Gasteiger partial charge in [-0.25, -0.2) is 13.4 Å². The molecule has 0 saturated carbocycles. The molecule has 1 amide bonds. The molecule has 1 atom stereocenters. The molecule has 9 heteroatoms. The fourth-order valence-electron chi connectivity index (χ4n) is 2.68. The fourth-order valence-corrected chi connectivity index (χ4v) is 3.31. The second-order valence-electron chi connectivity index (χ2n) is 5.98. The van der Waals surface area contributed by atoms with Gasteiger partial charge < -0.3 is 14.7 Å². The van der Waals surface area contributed by atoms with Crippen molar-refractivity contribution in [3.05, 3.63) is 57.8 Å². The normalized spacial score (nSPS) is 12.9. The van der Waals surface area contributed by atoms with Crippen molar-refractivity contribution in [3.8, 4) is 0 Å². The molecule has 1 aromatic carbocycles. The number of aromatic amines is 1. The number of fused-ring (bicyclic) bond motifs is 1. The summed E-state index contributed by atoms with van der Waals surface area (Å²) in [5.41, 5.74) is 0.501. The van der Waals surface area contributed by atoms with Crippen LogP contribution in [-0.2, 0) is 9.84 Å². The van der Waals surface area contributed by atoms with E-state index in [-0.39, 0.29) is 21.6 Å². The first-order valence-corrected chi connectivity index (χ1v) is 9.65. The van der Waals surface area contributed by atoms with Gasteiger partial charge in [0.15, 0.2) is 9.84 Å². The summed E-state index contributed by atoms with van der Waals surface area (Å²) in [5, 5.41) is 2.89. The SMILES string of the molecule is Cc1oc2nc[nH]c(=O)c2c1C(=O)N[C@H](C)c1ccc(S(C)(=O)=O)cc1. The highest BCUT2D eigenvalue weighted by Crippen LogP contribution is 2.22. The van der Waals surface area contributed by atoms with Crippen LogP contribution >= 0.6 is 0 Å². The first-order valence-electron chi connectivity index (χ1n) is 7.76. The lowest BCUT2D eigenvalue weighted by atomic mass is 10.1. The number of aromatic nitrogens is 2. The highest BCUT2D eigenvalue weighted by atomic mass is 32.2. The summed E-state index contributed by atoms with van der Waals surface area (Å²) >= 11 is 0. The molecule has 3 rings (SSSR count). The number of furan rings is 1. The number of amides is 1. The quantitative estimate of drug-likeness (QED) is 0.716. The van der Waals surface area contributed by atoms with E-state index < -0.39 is 27.3 Å². The summed E-state index contributed by atoms with van der Waals surface area (Å²) < 4.78 is 28.4. The van der Waals surface area contributed by atoms with Crippen LogP contribution < -0.4 is 10.9 Å². The van der Waals surface area contributed by atoms with Gasteiger partial charge in [0, 0.05) is 6.26 Å². The maximum absolute atomic E-state index is 12.7. The zero-order valence-electron chi connectivity index (χ0n) is 14.4. The number of aryl methyl sites for hydroxylation is 1. The fraction of sp³-hybridized carbons (Fsp3) is 0.235. The highest BCUT2D eigenvalue weighted by molar-refractivity contribution is 7.90. The minimum atomic E-state index is -3.28. The Kier molecular flexibility index (Phi) is 4.41. The van der Waals surface area contributed by atoms with Crippen LogP contribution in [0.5, 0.6) is 0 Å². The largest absolute Gasteiger partial charge is 0.442 e. The molecule has 2 N–H and O–H groups in total. The third kappa shape index (κ3) is 3.25. The summed E-state index contributed by atoms with van der Waals surface area (Å²) in [7, 11) is -3.28. The van der Waals surface area contributed by atoms with Crippen LogP contribution in [0.25, 0.3) is 11.1 Å². The zero-order chi connectivity index (χ0) is 19.1. The molecule has 26 heavy (non-hydrogen) atoms. The Morgan fingerprint density at radius 1 is 1.27 bits per heavy atom. The Morgan fingerprint density at radius 2 is 1.92 bits per heavy atom. The molecule has 136 valence electrons. The molecule has 0 aliphatic heterocycles. The summed E-state index contributed by atoms with van der Waals surface area (Å²) in [5.74, 6) is -0.180. The predicted octanol–water partition coefficient (Wildman–Crippen LogP) is 1.72. The van der Waals surface area contributed by atoms with Gasteiger partial charge in [0.05, 0.1) is 22.8 Å². The number of carbonyl (C=O) groups excluding carboxylic acids is 1. The van der Waals surface area contributed by atoms with Crippen molar-refractivity contribution in [3.63, 3.8) is 0 Å². The molecule has 0 unspecified atom stereocenters. The van der Waals surface area contributed by atoms with E-state index >= 15 is 0 Å². The van der Waals surface area contributed by atoms with Crippen LogP contribution in [0, 0.1) is 6.92 Å². The molecular formula is C17H17N3O5S. The second kappa shape index (κ2) is 6.41. The van der Waals surface area contributed by atoms with Gasteiger partial charge in [0.2, 0.25) is 5.71 Å². The van der Waals surface area contributed by atoms with Gasteiger partial charge >= 0.3 is 0 Å². The van der Waals surface area contributed by atoms with E-state index in [1.807, 2.05) is 0 Å². The number of nitrogens with one attached hydrogen (secondary N) is 2. The van der Waals surface area contributed by atoms with E-state index in [2.05, 4.69) is 15.3 Å². The minimum absolute atomic E-state index is 0.0987. The van der Waals surface area contributed by atoms with E-state index in [0.717, 1.165) is 11.8 Å². The lowest BCUT2D eigenvalue weighted by Gasteiger charge is -2.14. The van der Waals surface area contributed by atoms with Crippen LogP contribution in [0.4, 0.5) is 0 Å². The second-order valence-corrected chi connectivity index (χ2v) is 8.00. The first-order chi connectivity index (χ1) is 12.2. The standard InChI is InChI=1S/C17H17N3O5S/c1-9(11-4-6-12(7-5-11)26(3,23)24)20-16(22)13-10(2)25-17-14(13)15(21)18-8-19-17/h4-9H,1-3H3,(H,20,22)(H,18,19,21)/t9-/m1/s1. The van der Waals surface area contributed by atoms with Crippen molar-refractivity contribution in [1.29, 1.82) is 0 Å². The molecule has 0 fully saturated rings. The molecule has 2 aromatic heterocycles.